The monoisotopic (exact) mass is 429 g/mol. The fraction of sp³-hybridized carbons (Fsp3) is 0.579. The standard InChI is InChI=1S/C19H29Cl2N5O2/c1-25-17-8-7-15(26(12-9-20)13-10-21)14-16(17)23-19(25)22-11-5-3-2-4-6-18(27)24-28/h7-8,14,28H,2-6,9-13H2,1H3,(H,22,23)(H,24,27). The largest absolute Gasteiger partial charge is 0.369 e. The van der Waals surface area contributed by atoms with Crippen LogP contribution < -0.4 is 15.7 Å². The number of halogens is 2. The van der Waals surface area contributed by atoms with E-state index in [2.05, 4.69) is 33.0 Å². The van der Waals surface area contributed by atoms with E-state index in [9.17, 15) is 4.79 Å². The van der Waals surface area contributed by atoms with Crippen LogP contribution >= 0.6 is 23.2 Å². The highest BCUT2D eigenvalue weighted by molar-refractivity contribution is 6.18. The number of carbonyl (C=O) groups is 1. The van der Waals surface area contributed by atoms with E-state index in [0.29, 0.717) is 18.2 Å². The van der Waals surface area contributed by atoms with Crippen molar-refractivity contribution in [2.45, 2.75) is 32.1 Å². The number of nitrogens with one attached hydrogen (secondary N) is 2. The molecule has 7 nitrogen and oxygen atoms in total. The van der Waals surface area contributed by atoms with Gasteiger partial charge in [-0.2, -0.15) is 0 Å². The molecule has 1 heterocycles. The normalized spacial score (nSPS) is 11.0. The molecule has 0 atom stereocenters. The van der Waals surface area contributed by atoms with Gasteiger partial charge in [-0.3, -0.25) is 10.0 Å². The molecule has 0 spiro atoms. The molecule has 3 N–H and O–H groups in total. The first-order valence-electron chi connectivity index (χ1n) is 9.61. The second-order valence-corrected chi connectivity index (χ2v) is 7.41. The predicted octanol–water partition coefficient (Wildman–Crippen LogP) is 3.73. The van der Waals surface area contributed by atoms with E-state index in [0.717, 1.165) is 68.0 Å². The summed E-state index contributed by atoms with van der Waals surface area (Å²) < 4.78 is 2.05. The van der Waals surface area contributed by atoms with E-state index < -0.39 is 0 Å². The van der Waals surface area contributed by atoms with Crippen LogP contribution in [0.15, 0.2) is 18.2 Å². The number of benzene rings is 1. The molecule has 1 aromatic heterocycles. The lowest BCUT2D eigenvalue weighted by molar-refractivity contribution is -0.129. The van der Waals surface area contributed by atoms with Crippen molar-refractivity contribution < 1.29 is 10.0 Å². The maximum Gasteiger partial charge on any atom is 0.243 e. The number of hydroxylamine groups is 1. The number of imidazole rings is 1. The molecule has 0 aliphatic rings. The minimum Gasteiger partial charge on any atom is -0.369 e. The Hall–Kier alpha value is -1.70. The second-order valence-electron chi connectivity index (χ2n) is 6.66. The number of alkyl halides is 2. The summed E-state index contributed by atoms with van der Waals surface area (Å²) in [7, 11) is 2.00. The first-order valence-corrected chi connectivity index (χ1v) is 10.7. The number of amides is 1. The summed E-state index contributed by atoms with van der Waals surface area (Å²) in [6, 6.07) is 6.23. The van der Waals surface area contributed by atoms with Crippen molar-refractivity contribution in [3.63, 3.8) is 0 Å². The summed E-state index contributed by atoms with van der Waals surface area (Å²) in [5.74, 6) is 1.62. The lowest BCUT2D eigenvalue weighted by Gasteiger charge is -2.22. The third-order valence-electron chi connectivity index (χ3n) is 4.68. The van der Waals surface area contributed by atoms with Crippen molar-refractivity contribution in [3.05, 3.63) is 18.2 Å². The van der Waals surface area contributed by atoms with Crippen LogP contribution in [0.2, 0.25) is 0 Å². The average Bonchev–Trinajstić information content (AvgIpc) is 3.01. The minimum atomic E-state index is -0.326. The Morgan fingerprint density at radius 3 is 2.57 bits per heavy atom. The number of nitrogens with zero attached hydrogens (tertiary/aromatic N) is 3. The van der Waals surface area contributed by atoms with Gasteiger partial charge in [0, 0.05) is 50.6 Å². The summed E-state index contributed by atoms with van der Waals surface area (Å²) in [5, 5.41) is 11.8. The van der Waals surface area contributed by atoms with Crippen LogP contribution in [-0.4, -0.2) is 52.1 Å². The Labute approximate surface area is 176 Å². The third kappa shape index (κ3) is 6.43. The molecule has 2 aromatic rings. The maximum atomic E-state index is 10.9. The zero-order chi connectivity index (χ0) is 20.4. The molecular weight excluding hydrogens is 401 g/mol. The number of aryl methyl sites for hydroxylation is 1. The van der Waals surface area contributed by atoms with Crippen molar-refractivity contribution in [3.8, 4) is 0 Å². The van der Waals surface area contributed by atoms with Gasteiger partial charge in [-0.05, 0) is 31.0 Å². The van der Waals surface area contributed by atoms with Crippen LogP contribution in [0.4, 0.5) is 11.6 Å². The van der Waals surface area contributed by atoms with E-state index in [-0.39, 0.29) is 5.91 Å². The number of hydrogen-bond acceptors (Lipinski definition) is 5. The second kappa shape index (κ2) is 12.0. The highest BCUT2D eigenvalue weighted by Gasteiger charge is 2.11. The first kappa shape index (κ1) is 22.6. The van der Waals surface area contributed by atoms with Gasteiger partial charge in [0.25, 0.3) is 0 Å². The van der Waals surface area contributed by atoms with Gasteiger partial charge in [-0.15, -0.1) is 23.2 Å². The van der Waals surface area contributed by atoms with Gasteiger partial charge in [-0.1, -0.05) is 12.8 Å². The van der Waals surface area contributed by atoms with Crippen molar-refractivity contribution in [2.75, 3.05) is 41.6 Å². The Bertz CT molecular complexity index is 747. The molecule has 2 rings (SSSR count). The summed E-state index contributed by atoms with van der Waals surface area (Å²) in [6.45, 7) is 2.32. The molecule has 0 saturated carbocycles. The Balaban J connectivity index is 1.89. The first-order chi connectivity index (χ1) is 13.6. The lowest BCUT2D eigenvalue weighted by atomic mass is 10.1. The Kier molecular flexibility index (Phi) is 9.67. The highest BCUT2D eigenvalue weighted by Crippen LogP contribution is 2.24. The molecule has 156 valence electrons. The van der Waals surface area contributed by atoms with Gasteiger partial charge in [-0.25, -0.2) is 10.5 Å². The molecule has 1 amide bonds. The average molecular weight is 430 g/mol. The van der Waals surface area contributed by atoms with Gasteiger partial charge in [0.1, 0.15) is 0 Å². The summed E-state index contributed by atoms with van der Waals surface area (Å²) in [5.41, 5.74) is 4.73. The van der Waals surface area contributed by atoms with Crippen LogP contribution in [0.25, 0.3) is 11.0 Å². The summed E-state index contributed by atoms with van der Waals surface area (Å²) >= 11 is 11.8. The Morgan fingerprint density at radius 1 is 1.18 bits per heavy atom. The molecule has 1 aromatic carbocycles. The molecule has 0 unspecified atom stereocenters. The fourth-order valence-electron chi connectivity index (χ4n) is 3.14. The molecule has 28 heavy (non-hydrogen) atoms. The van der Waals surface area contributed by atoms with Gasteiger partial charge >= 0.3 is 0 Å². The number of hydrogen-bond donors (Lipinski definition) is 3. The smallest absolute Gasteiger partial charge is 0.243 e. The van der Waals surface area contributed by atoms with Crippen LogP contribution in [0.3, 0.4) is 0 Å². The van der Waals surface area contributed by atoms with Crippen molar-refractivity contribution in [2.24, 2.45) is 7.05 Å². The molecule has 0 fully saturated rings. The number of anilines is 2. The molecule has 0 aliphatic heterocycles. The Morgan fingerprint density at radius 2 is 1.89 bits per heavy atom. The SMILES string of the molecule is Cn1c(NCCCCCCC(=O)NO)nc2cc(N(CCCl)CCCl)ccc21. The number of unbranched alkanes of at least 4 members (excludes halogenated alkanes) is 3. The molecular formula is C19H29Cl2N5O2. The van der Waals surface area contributed by atoms with Crippen molar-refractivity contribution in [1.29, 1.82) is 0 Å². The number of rotatable bonds is 13. The quantitative estimate of drug-likeness (QED) is 0.195. The van der Waals surface area contributed by atoms with Crippen molar-refractivity contribution >= 4 is 51.8 Å². The highest BCUT2D eigenvalue weighted by atomic mass is 35.5. The van der Waals surface area contributed by atoms with E-state index in [1.165, 1.54) is 0 Å². The van der Waals surface area contributed by atoms with Crippen LogP contribution in [0.5, 0.6) is 0 Å². The zero-order valence-corrected chi connectivity index (χ0v) is 17.8. The van der Waals surface area contributed by atoms with Gasteiger partial charge < -0.3 is 14.8 Å². The molecule has 0 saturated heterocycles. The van der Waals surface area contributed by atoms with Crippen LogP contribution in [0, 0.1) is 0 Å². The topological polar surface area (TPSA) is 82.4 Å². The van der Waals surface area contributed by atoms with Gasteiger partial charge in [0.15, 0.2) is 0 Å². The lowest BCUT2D eigenvalue weighted by Crippen LogP contribution is -2.27. The number of carbonyl (C=O) groups excluding carboxylic acids is 1. The van der Waals surface area contributed by atoms with Gasteiger partial charge in [0.05, 0.1) is 11.0 Å². The van der Waals surface area contributed by atoms with E-state index in [4.69, 9.17) is 33.4 Å². The van der Waals surface area contributed by atoms with Gasteiger partial charge in [0.2, 0.25) is 11.9 Å². The molecule has 9 heteroatoms. The van der Waals surface area contributed by atoms with Crippen LogP contribution in [-0.2, 0) is 11.8 Å². The summed E-state index contributed by atoms with van der Waals surface area (Å²) in [6.07, 6.45) is 4.11. The molecule has 0 bridgehead atoms. The third-order valence-corrected chi connectivity index (χ3v) is 5.01. The number of aromatic nitrogens is 2. The van der Waals surface area contributed by atoms with E-state index >= 15 is 0 Å². The van der Waals surface area contributed by atoms with E-state index in [1.54, 1.807) is 5.48 Å². The maximum absolute atomic E-state index is 10.9. The zero-order valence-electron chi connectivity index (χ0n) is 16.3. The van der Waals surface area contributed by atoms with E-state index in [1.807, 2.05) is 7.05 Å². The minimum absolute atomic E-state index is 0.326. The van der Waals surface area contributed by atoms with Crippen molar-refractivity contribution in [1.82, 2.24) is 15.0 Å². The van der Waals surface area contributed by atoms with Crippen LogP contribution in [0.1, 0.15) is 32.1 Å². The fourth-order valence-corrected chi connectivity index (χ4v) is 3.55. The number of fused-ring (bicyclic) bond motifs is 1. The molecule has 0 aliphatic carbocycles. The predicted molar refractivity (Wildman–Crippen MR) is 116 cm³/mol. The summed E-state index contributed by atoms with van der Waals surface area (Å²) in [4.78, 5) is 17.8. The molecule has 0 radical (unpaired) electrons.